The van der Waals surface area contributed by atoms with Crippen molar-refractivity contribution in [3.05, 3.63) is 23.1 Å². The predicted octanol–water partition coefficient (Wildman–Crippen LogP) is 0.924. The number of aromatic nitrogens is 2. The van der Waals surface area contributed by atoms with Gasteiger partial charge in [-0.15, -0.1) is 0 Å². The first-order chi connectivity index (χ1) is 5.74. The second-order valence-corrected chi connectivity index (χ2v) is 2.35. The molecule has 0 unspecified atom stereocenters. The van der Waals surface area contributed by atoms with Crippen LogP contribution in [-0.4, -0.2) is 16.3 Å². The van der Waals surface area contributed by atoms with E-state index in [4.69, 9.17) is 17.3 Å². The molecule has 4 nitrogen and oxygen atoms in total. The molecule has 1 rings (SSSR count). The molecule has 0 aliphatic heterocycles. The van der Waals surface area contributed by atoms with Gasteiger partial charge in [0.15, 0.2) is 0 Å². The highest BCUT2D eigenvalue weighted by atomic mass is 35.5. The van der Waals surface area contributed by atoms with Crippen molar-refractivity contribution >= 4 is 29.8 Å². The molecule has 0 bridgehead atoms. The van der Waals surface area contributed by atoms with Crippen molar-refractivity contribution in [3.8, 4) is 0 Å². The Morgan fingerprint density at radius 3 is 3.00 bits per heavy atom. The van der Waals surface area contributed by atoms with E-state index in [1.807, 2.05) is 0 Å². The molecule has 0 aromatic carbocycles. The molecule has 62 valence electrons. The molecule has 0 saturated heterocycles. The third kappa shape index (κ3) is 2.03. The van der Waals surface area contributed by atoms with Crippen LogP contribution in [0.2, 0.25) is 5.15 Å². The Hall–Kier alpha value is -1.42. The summed E-state index contributed by atoms with van der Waals surface area (Å²) in [6, 6.07) is 0. The number of allylic oxidation sites excluding steroid dienone is 1. The van der Waals surface area contributed by atoms with Gasteiger partial charge in [0.05, 0.1) is 6.20 Å². The average molecular weight is 184 g/mol. The number of hydrogen-bond donors (Lipinski definition) is 1. The van der Waals surface area contributed by atoms with Crippen LogP contribution in [0.1, 0.15) is 5.69 Å². The summed E-state index contributed by atoms with van der Waals surface area (Å²) in [6.45, 7) is 0. The minimum Gasteiger partial charge on any atom is -0.382 e. The monoisotopic (exact) mass is 183 g/mol. The number of aldehydes is 1. The van der Waals surface area contributed by atoms with Gasteiger partial charge in [-0.2, -0.15) is 0 Å². The third-order valence-corrected chi connectivity index (χ3v) is 1.31. The van der Waals surface area contributed by atoms with Crippen LogP contribution in [0, 0.1) is 0 Å². The predicted molar refractivity (Wildman–Crippen MR) is 46.6 cm³/mol. The van der Waals surface area contributed by atoms with Crippen molar-refractivity contribution < 1.29 is 4.79 Å². The molecular formula is C7H6ClN3O. The van der Waals surface area contributed by atoms with E-state index in [0.29, 0.717) is 12.0 Å². The van der Waals surface area contributed by atoms with Gasteiger partial charge in [-0.05, 0) is 12.2 Å². The maximum Gasteiger partial charge on any atom is 0.149 e. The molecule has 0 atom stereocenters. The number of nitrogen functional groups attached to an aromatic ring is 1. The summed E-state index contributed by atoms with van der Waals surface area (Å²) in [6.07, 6.45) is 4.69. The zero-order valence-corrected chi connectivity index (χ0v) is 6.82. The van der Waals surface area contributed by atoms with Gasteiger partial charge in [-0.3, -0.25) is 4.79 Å². The molecule has 1 heterocycles. The van der Waals surface area contributed by atoms with Gasteiger partial charge in [0.1, 0.15) is 23.0 Å². The van der Waals surface area contributed by atoms with Crippen molar-refractivity contribution in [2.75, 3.05) is 5.73 Å². The van der Waals surface area contributed by atoms with E-state index in [0.717, 1.165) is 0 Å². The highest BCUT2D eigenvalue weighted by Gasteiger charge is 1.98. The van der Waals surface area contributed by atoms with Crippen LogP contribution >= 0.6 is 11.6 Å². The van der Waals surface area contributed by atoms with Crippen LogP contribution in [0.15, 0.2) is 12.3 Å². The summed E-state index contributed by atoms with van der Waals surface area (Å²) in [5.41, 5.74) is 5.83. The minimum absolute atomic E-state index is 0.245. The van der Waals surface area contributed by atoms with Crippen molar-refractivity contribution in [1.82, 2.24) is 9.97 Å². The van der Waals surface area contributed by atoms with Crippen LogP contribution in [0.5, 0.6) is 0 Å². The van der Waals surface area contributed by atoms with E-state index in [1.165, 1.54) is 18.3 Å². The lowest BCUT2D eigenvalue weighted by Crippen LogP contribution is -1.96. The fourth-order valence-corrected chi connectivity index (χ4v) is 0.783. The number of anilines is 1. The number of carbonyl (C=O) groups excluding carboxylic acids is 1. The van der Waals surface area contributed by atoms with Gasteiger partial charge in [0.2, 0.25) is 0 Å². The summed E-state index contributed by atoms with van der Waals surface area (Å²) in [4.78, 5) is 17.6. The van der Waals surface area contributed by atoms with Gasteiger partial charge < -0.3 is 5.73 Å². The average Bonchev–Trinajstić information content (AvgIpc) is 2.07. The first-order valence-corrected chi connectivity index (χ1v) is 3.51. The van der Waals surface area contributed by atoms with Crippen LogP contribution in [0.25, 0.3) is 6.08 Å². The SMILES string of the molecule is Nc1ncc(Cl)nc1C=CC=O. The van der Waals surface area contributed by atoms with E-state index in [9.17, 15) is 4.79 Å². The van der Waals surface area contributed by atoms with Crippen molar-refractivity contribution in [2.45, 2.75) is 0 Å². The molecule has 0 saturated carbocycles. The molecule has 0 spiro atoms. The molecule has 2 N–H and O–H groups in total. The lowest BCUT2D eigenvalue weighted by Gasteiger charge is -1.96. The van der Waals surface area contributed by atoms with Crippen molar-refractivity contribution in [1.29, 1.82) is 0 Å². The lowest BCUT2D eigenvalue weighted by atomic mass is 10.4. The van der Waals surface area contributed by atoms with Crippen molar-refractivity contribution in [3.63, 3.8) is 0 Å². The summed E-state index contributed by atoms with van der Waals surface area (Å²) in [5.74, 6) is 0.248. The van der Waals surface area contributed by atoms with E-state index >= 15 is 0 Å². The number of carbonyl (C=O) groups is 1. The molecular weight excluding hydrogens is 178 g/mol. The van der Waals surface area contributed by atoms with Crippen LogP contribution in [-0.2, 0) is 4.79 Å². The second kappa shape index (κ2) is 3.82. The van der Waals surface area contributed by atoms with E-state index in [1.54, 1.807) is 0 Å². The normalized spacial score (nSPS) is 10.4. The van der Waals surface area contributed by atoms with E-state index in [-0.39, 0.29) is 11.0 Å². The number of nitrogens with two attached hydrogens (primary N) is 1. The van der Waals surface area contributed by atoms with E-state index in [2.05, 4.69) is 9.97 Å². The van der Waals surface area contributed by atoms with Gasteiger partial charge in [0.25, 0.3) is 0 Å². The number of hydrogen-bond acceptors (Lipinski definition) is 4. The molecule has 12 heavy (non-hydrogen) atoms. The topological polar surface area (TPSA) is 68.9 Å². The summed E-state index contributed by atoms with van der Waals surface area (Å²) in [5, 5.41) is 0.245. The lowest BCUT2D eigenvalue weighted by molar-refractivity contribution is -0.104. The van der Waals surface area contributed by atoms with Crippen LogP contribution < -0.4 is 5.73 Å². The zero-order valence-electron chi connectivity index (χ0n) is 6.07. The van der Waals surface area contributed by atoms with Crippen LogP contribution in [0.3, 0.4) is 0 Å². The Kier molecular flexibility index (Phi) is 2.76. The first-order valence-electron chi connectivity index (χ1n) is 3.14. The molecule has 0 amide bonds. The molecule has 1 aromatic rings. The molecule has 0 aliphatic carbocycles. The minimum atomic E-state index is 0.245. The molecule has 5 heteroatoms. The Morgan fingerprint density at radius 1 is 1.58 bits per heavy atom. The molecule has 0 fully saturated rings. The highest BCUT2D eigenvalue weighted by Crippen LogP contribution is 2.10. The van der Waals surface area contributed by atoms with Gasteiger partial charge in [-0.25, -0.2) is 9.97 Å². The smallest absolute Gasteiger partial charge is 0.149 e. The third-order valence-electron chi connectivity index (χ3n) is 1.13. The Bertz CT molecular complexity index is 324. The van der Waals surface area contributed by atoms with Gasteiger partial charge >= 0.3 is 0 Å². The first kappa shape index (κ1) is 8.67. The van der Waals surface area contributed by atoms with Crippen molar-refractivity contribution in [2.24, 2.45) is 0 Å². The number of halogens is 1. The second-order valence-electron chi connectivity index (χ2n) is 1.96. The van der Waals surface area contributed by atoms with Gasteiger partial charge in [-0.1, -0.05) is 11.6 Å². The largest absolute Gasteiger partial charge is 0.382 e. The van der Waals surface area contributed by atoms with E-state index < -0.39 is 0 Å². The highest BCUT2D eigenvalue weighted by molar-refractivity contribution is 6.29. The quantitative estimate of drug-likeness (QED) is 0.547. The Balaban J connectivity index is 3.04. The summed E-state index contributed by atoms with van der Waals surface area (Å²) in [7, 11) is 0. The molecule has 0 aliphatic rings. The van der Waals surface area contributed by atoms with Crippen LogP contribution in [0.4, 0.5) is 5.82 Å². The van der Waals surface area contributed by atoms with Gasteiger partial charge in [0, 0.05) is 0 Å². The summed E-state index contributed by atoms with van der Waals surface area (Å²) >= 11 is 5.54. The standard InChI is InChI=1S/C7H6ClN3O/c8-6-4-10-7(9)5(11-6)2-1-3-12/h1-4H,(H2,9,10). The Morgan fingerprint density at radius 2 is 2.33 bits per heavy atom. The molecule has 1 aromatic heterocycles. The fraction of sp³-hybridized carbons (Fsp3) is 0. The fourth-order valence-electron chi connectivity index (χ4n) is 0.643. The zero-order chi connectivity index (χ0) is 8.97. The Labute approximate surface area is 74.1 Å². The maximum atomic E-state index is 9.97. The summed E-state index contributed by atoms with van der Waals surface area (Å²) < 4.78 is 0. The maximum absolute atomic E-state index is 9.97. The molecule has 0 radical (unpaired) electrons. The number of rotatable bonds is 2. The number of nitrogens with zero attached hydrogens (tertiary/aromatic N) is 2.